The van der Waals surface area contributed by atoms with Crippen molar-refractivity contribution in [2.75, 3.05) is 6.54 Å². The molecule has 0 aliphatic heterocycles. The summed E-state index contributed by atoms with van der Waals surface area (Å²) in [5.41, 5.74) is 1.04. The predicted octanol–water partition coefficient (Wildman–Crippen LogP) is 3.30. The molecule has 0 spiro atoms. The van der Waals surface area contributed by atoms with Gasteiger partial charge in [0.1, 0.15) is 5.82 Å². The second-order valence-corrected chi connectivity index (χ2v) is 4.57. The van der Waals surface area contributed by atoms with E-state index in [4.69, 9.17) is 0 Å². The van der Waals surface area contributed by atoms with Crippen molar-refractivity contribution in [3.8, 4) is 0 Å². The Morgan fingerprint density at radius 2 is 2.13 bits per heavy atom. The number of benzene rings is 1. The van der Waals surface area contributed by atoms with Crippen LogP contribution in [0.4, 0.5) is 4.39 Å². The van der Waals surface area contributed by atoms with E-state index in [9.17, 15) is 4.39 Å². The highest BCUT2D eigenvalue weighted by molar-refractivity contribution is 9.10. The summed E-state index contributed by atoms with van der Waals surface area (Å²) in [5, 5.41) is 3.41. The quantitative estimate of drug-likeness (QED) is 0.898. The fourth-order valence-corrected chi connectivity index (χ4v) is 1.88. The number of hydrogen-bond donors (Lipinski definition) is 1. The highest BCUT2D eigenvalue weighted by Gasteiger charge is 2.19. The highest BCUT2D eigenvalue weighted by Crippen LogP contribution is 2.20. The van der Waals surface area contributed by atoms with Crippen molar-refractivity contribution >= 4 is 28.3 Å². The van der Waals surface area contributed by atoms with Crippen LogP contribution in [0.25, 0.3) is 0 Å². The van der Waals surface area contributed by atoms with Crippen molar-refractivity contribution in [3.05, 3.63) is 34.1 Å². The van der Waals surface area contributed by atoms with Gasteiger partial charge in [0.05, 0.1) is 0 Å². The van der Waals surface area contributed by atoms with E-state index in [-0.39, 0.29) is 18.2 Å². The van der Waals surface area contributed by atoms with Gasteiger partial charge in [-0.15, -0.1) is 12.4 Å². The molecular formula is C11H14BrClFN. The Morgan fingerprint density at radius 3 is 2.80 bits per heavy atom. The van der Waals surface area contributed by atoms with E-state index < -0.39 is 0 Å². The fraction of sp³-hybridized carbons (Fsp3) is 0.455. The fourth-order valence-electron chi connectivity index (χ4n) is 1.43. The minimum atomic E-state index is -0.158. The maximum atomic E-state index is 12.9. The van der Waals surface area contributed by atoms with Crippen LogP contribution in [0.5, 0.6) is 0 Å². The zero-order valence-electron chi connectivity index (χ0n) is 8.30. The molecule has 0 bridgehead atoms. The minimum absolute atomic E-state index is 0. The minimum Gasteiger partial charge on any atom is -0.314 e. The summed E-state index contributed by atoms with van der Waals surface area (Å²) >= 11 is 3.42. The summed E-state index contributed by atoms with van der Waals surface area (Å²) < 4.78 is 13.9. The molecule has 1 aromatic carbocycles. The van der Waals surface area contributed by atoms with Crippen LogP contribution < -0.4 is 5.32 Å². The molecule has 1 aromatic rings. The lowest BCUT2D eigenvalue weighted by Gasteiger charge is -2.05. The maximum Gasteiger partial charge on any atom is 0.123 e. The van der Waals surface area contributed by atoms with Crippen LogP contribution in [0.2, 0.25) is 0 Å². The Balaban J connectivity index is 0.00000112. The Kier molecular flexibility index (Phi) is 5.03. The number of nitrogens with one attached hydrogen (secondary N) is 1. The molecule has 0 unspecified atom stereocenters. The van der Waals surface area contributed by atoms with Gasteiger partial charge in [-0.1, -0.05) is 15.9 Å². The molecule has 0 saturated heterocycles. The second-order valence-electron chi connectivity index (χ2n) is 3.71. The molecule has 84 valence electrons. The van der Waals surface area contributed by atoms with Gasteiger partial charge in [0.25, 0.3) is 0 Å². The van der Waals surface area contributed by atoms with Gasteiger partial charge in [-0.3, -0.25) is 0 Å². The Bertz CT molecular complexity index is 328. The summed E-state index contributed by atoms with van der Waals surface area (Å²) in [6.45, 7) is 0.937. The van der Waals surface area contributed by atoms with Crippen molar-refractivity contribution in [3.63, 3.8) is 0 Å². The van der Waals surface area contributed by atoms with Gasteiger partial charge < -0.3 is 5.32 Å². The molecule has 1 nitrogen and oxygen atoms in total. The van der Waals surface area contributed by atoms with E-state index in [0.717, 1.165) is 29.0 Å². The molecule has 0 radical (unpaired) electrons. The molecular weight excluding hydrogens is 280 g/mol. The molecule has 0 heterocycles. The smallest absolute Gasteiger partial charge is 0.123 e. The second kappa shape index (κ2) is 5.83. The summed E-state index contributed by atoms with van der Waals surface area (Å²) in [7, 11) is 0. The third kappa shape index (κ3) is 4.09. The maximum absolute atomic E-state index is 12.9. The number of halogens is 3. The number of hydrogen-bond acceptors (Lipinski definition) is 1. The molecule has 1 N–H and O–H groups in total. The Morgan fingerprint density at radius 1 is 1.40 bits per heavy atom. The normalized spacial score (nSPS) is 14.8. The monoisotopic (exact) mass is 293 g/mol. The lowest BCUT2D eigenvalue weighted by Crippen LogP contribution is -2.19. The summed E-state index contributed by atoms with van der Waals surface area (Å²) in [5.74, 6) is -0.158. The third-order valence-corrected chi connectivity index (χ3v) is 3.19. The first-order valence-electron chi connectivity index (χ1n) is 4.93. The van der Waals surface area contributed by atoms with Crippen molar-refractivity contribution < 1.29 is 4.39 Å². The molecule has 1 aliphatic carbocycles. The first kappa shape index (κ1) is 12.9. The molecule has 1 aliphatic rings. The Labute approximate surface area is 104 Å². The van der Waals surface area contributed by atoms with Gasteiger partial charge in [-0.05, 0) is 49.6 Å². The van der Waals surface area contributed by atoms with Crippen LogP contribution >= 0.6 is 28.3 Å². The number of rotatable bonds is 4. The molecule has 0 amide bonds. The first-order chi connectivity index (χ1) is 6.75. The predicted molar refractivity (Wildman–Crippen MR) is 66.1 cm³/mol. The molecule has 0 aromatic heterocycles. The van der Waals surface area contributed by atoms with E-state index in [1.807, 2.05) is 0 Å². The van der Waals surface area contributed by atoms with Crippen molar-refractivity contribution in [2.45, 2.75) is 25.3 Å². The van der Waals surface area contributed by atoms with Crippen molar-refractivity contribution in [1.82, 2.24) is 5.32 Å². The van der Waals surface area contributed by atoms with Crippen molar-refractivity contribution in [1.29, 1.82) is 0 Å². The summed E-state index contributed by atoms with van der Waals surface area (Å²) in [6, 6.07) is 5.56. The zero-order chi connectivity index (χ0) is 9.97. The average molecular weight is 295 g/mol. The average Bonchev–Trinajstić information content (AvgIpc) is 2.95. The van der Waals surface area contributed by atoms with E-state index in [1.54, 1.807) is 12.1 Å². The van der Waals surface area contributed by atoms with E-state index >= 15 is 0 Å². The zero-order valence-corrected chi connectivity index (χ0v) is 10.7. The standard InChI is InChI=1S/C11H13BrFN.ClH/c12-11-4-1-9(13)7-8(11)5-6-14-10-2-3-10;/h1,4,7,10,14H,2-3,5-6H2;1H. The highest BCUT2D eigenvalue weighted by atomic mass is 79.9. The van der Waals surface area contributed by atoms with Gasteiger partial charge in [-0.25, -0.2) is 4.39 Å². The largest absolute Gasteiger partial charge is 0.314 e. The lowest BCUT2D eigenvalue weighted by molar-refractivity contribution is 0.621. The molecule has 1 fully saturated rings. The molecule has 15 heavy (non-hydrogen) atoms. The molecule has 0 atom stereocenters. The van der Waals surface area contributed by atoms with Gasteiger partial charge in [0, 0.05) is 10.5 Å². The summed E-state index contributed by atoms with van der Waals surface area (Å²) in [6.07, 6.45) is 3.48. The van der Waals surface area contributed by atoms with Gasteiger partial charge in [-0.2, -0.15) is 0 Å². The molecule has 1 saturated carbocycles. The van der Waals surface area contributed by atoms with Crippen LogP contribution in [0.3, 0.4) is 0 Å². The van der Waals surface area contributed by atoms with Crippen LogP contribution in [-0.4, -0.2) is 12.6 Å². The van der Waals surface area contributed by atoms with E-state index in [2.05, 4.69) is 21.2 Å². The van der Waals surface area contributed by atoms with E-state index in [1.165, 1.54) is 18.9 Å². The van der Waals surface area contributed by atoms with Crippen molar-refractivity contribution in [2.24, 2.45) is 0 Å². The van der Waals surface area contributed by atoms with Gasteiger partial charge in [0.15, 0.2) is 0 Å². The van der Waals surface area contributed by atoms with Gasteiger partial charge >= 0.3 is 0 Å². The van der Waals surface area contributed by atoms with Crippen LogP contribution in [0.1, 0.15) is 18.4 Å². The molecule has 4 heteroatoms. The van der Waals surface area contributed by atoms with Crippen LogP contribution in [-0.2, 0) is 6.42 Å². The lowest BCUT2D eigenvalue weighted by atomic mass is 10.1. The topological polar surface area (TPSA) is 12.0 Å². The summed E-state index contributed by atoms with van der Waals surface area (Å²) in [4.78, 5) is 0. The SMILES string of the molecule is Cl.Fc1ccc(Br)c(CCNC2CC2)c1. The van der Waals surface area contributed by atoms with Crippen LogP contribution in [0.15, 0.2) is 22.7 Å². The van der Waals surface area contributed by atoms with Crippen LogP contribution in [0, 0.1) is 5.82 Å². The Hall–Kier alpha value is -0.120. The third-order valence-electron chi connectivity index (χ3n) is 2.41. The van der Waals surface area contributed by atoms with E-state index in [0.29, 0.717) is 0 Å². The van der Waals surface area contributed by atoms with Gasteiger partial charge in [0.2, 0.25) is 0 Å². The first-order valence-corrected chi connectivity index (χ1v) is 5.72. The molecule has 2 rings (SSSR count).